The summed E-state index contributed by atoms with van der Waals surface area (Å²) in [5.41, 5.74) is 6.85. The molecule has 1 atom stereocenters. The van der Waals surface area contributed by atoms with Crippen LogP contribution in [0.3, 0.4) is 0 Å². The summed E-state index contributed by atoms with van der Waals surface area (Å²) in [7, 11) is 0. The van der Waals surface area contributed by atoms with E-state index in [0.29, 0.717) is 5.84 Å². The summed E-state index contributed by atoms with van der Waals surface area (Å²) in [4.78, 5) is 9.03. The van der Waals surface area contributed by atoms with Crippen molar-refractivity contribution in [2.75, 3.05) is 26.2 Å². The van der Waals surface area contributed by atoms with Crippen molar-refractivity contribution in [1.29, 1.82) is 0 Å². The van der Waals surface area contributed by atoms with Gasteiger partial charge in [-0.2, -0.15) is 0 Å². The van der Waals surface area contributed by atoms with E-state index >= 15 is 0 Å². The van der Waals surface area contributed by atoms with Crippen LogP contribution in [0.1, 0.15) is 19.0 Å². The molecule has 2 rings (SSSR count). The molecule has 1 fully saturated rings. The molecule has 20 heavy (non-hydrogen) atoms. The van der Waals surface area contributed by atoms with Gasteiger partial charge in [0.25, 0.3) is 0 Å². The molecule has 0 radical (unpaired) electrons. The van der Waals surface area contributed by atoms with Crippen LogP contribution in [-0.2, 0) is 6.54 Å². The van der Waals surface area contributed by atoms with Crippen LogP contribution in [-0.4, -0.2) is 58.0 Å². The van der Waals surface area contributed by atoms with Crippen LogP contribution in [0.15, 0.2) is 29.6 Å². The molecule has 1 aliphatic heterocycles. The summed E-state index contributed by atoms with van der Waals surface area (Å²) in [6.07, 6.45) is 2.69. The second-order valence-corrected chi connectivity index (χ2v) is 5.08. The molecule has 6 nitrogen and oxygen atoms in total. The number of nitrogens with zero attached hydrogens (tertiary/aromatic N) is 4. The highest BCUT2D eigenvalue weighted by Gasteiger charge is 2.25. The Kier molecular flexibility index (Phi) is 5.31. The number of piperazine rings is 1. The van der Waals surface area contributed by atoms with Gasteiger partial charge in [-0.1, -0.05) is 18.1 Å². The molecule has 1 unspecified atom stereocenters. The van der Waals surface area contributed by atoms with Crippen molar-refractivity contribution >= 4 is 5.84 Å². The summed E-state index contributed by atoms with van der Waals surface area (Å²) < 4.78 is 0. The van der Waals surface area contributed by atoms with Crippen molar-refractivity contribution in [1.82, 2.24) is 14.8 Å². The summed E-state index contributed by atoms with van der Waals surface area (Å²) in [5, 5.41) is 12.0. The molecule has 6 heteroatoms. The van der Waals surface area contributed by atoms with Gasteiger partial charge in [-0.25, -0.2) is 0 Å². The minimum absolute atomic E-state index is 0.0389. The maximum atomic E-state index is 8.83. The fourth-order valence-electron chi connectivity index (χ4n) is 2.67. The van der Waals surface area contributed by atoms with E-state index in [1.165, 1.54) is 0 Å². The van der Waals surface area contributed by atoms with Crippen LogP contribution in [0.5, 0.6) is 0 Å². The van der Waals surface area contributed by atoms with Gasteiger partial charge in [-0.3, -0.25) is 14.8 Å². The molecule has 1 aromatic heterocycles. The number of nitrogens with two attached hydrogens (primary N) is 1. The van der Waals surface area contributed by atoms with Crippen LogP contribution < -0.4 is 5.73 Å². The molecule has 1 saturated heterocycles. The molecular formula is C14H23N5O. The second kappa shape index (κ2) is 7.21. The van der Waals surface area contributed by atoms with Gasteiger partial charge >= 0.3 is 0 Å². The minimum Gasteiger partial charge on any atom is -0.409 e. The number of amidine groups is 1. The lowest BCUT2D eigenvalue weighted by atomic mass is 10.1. The Hall–Kier alpha value is -1.66. The van der Waals surface area contributed by atoms with Crippen LogP contribution in [0.25, 0.3) is 0 Å². The van der Waals surface area contributed by atoms with Gasteiger partial charge in [-0.15, -0.1) is 0 Å². The van der Waals surface area contributed by atoms with Gasteiger partial charge in [-0.05, 0) is 18.6 Å². The van der Waals surface area contributed by atoms with Crippen molar-refractivity contribution in [3.8, 4) is 0 Å². The third kappa shape index (κ3) is 3.68. The number of aromatic nitrogens is 1. The van der Waals surface area contributed by atoms with Crippen molar-refractivity contribution in [2.24, 2.45) is 10.9 Å². The molecule has 0 amide bonds. The third-order valence-corrected chi connectivity index (χ3v) is 3.80. The largest absolute Gasteiger partial charge is 0.409 e. The Morgan fingerprint density at radius 3 is 2.70 bits per heavy atom. The highest BCUT2D eigenvalue weighted by Crippen LogP contribution is 2.11. The molecular weight excluding hydrogens is 254 g/mol. The SMILES string of the molecule is CCC(C(N)=NO)N1CCN(Cc2ccccn2)CC1. The Morgan fingerprint density at radius 2 is 2.15 bits per heavy atom. The number of oxime groups is 1. The number of pyridine rings is 1. The molecule has 1 aromatic rings. The van der Waals surface area contributed by atoms with Crippen LogP contribution >= 0.6 is 0 Å². The fourth-order valence-corrected chi connectivity index (χ4v) is 2.67. The fraction of sp³-hybridized carbons (Fsp3) is 0.571. The summed E-state index contributed by atoms with van der Waals surface area (Å²) in [6.45, 7) is 6.76. The summed E-state index contributed by atoms with van der Waals surface area (Å²) >= 11 is 0. The third-order valence-electron chi connectivity index (χ3n) is 3.80. The predicted octanol–water partition coefficient (Wildman–Crippen LogP) is 0.724. The maximum absolute atomic E-state index is 8.83. The normalized spacial score (nSPS) is 19.9. The molecule has 0 saturated carbocycles. The molecule has 0 bridgehead atoms. The summed E-state index contributed by atoms with van der Waals surface area (Å²) in [6, 6.07) is 6.04. The van der Waals surface area contributed by atoms with Crippen LogP contribution in [0.2, 0.25) is 0 Å². The minimum atomic E-state index is 0.0389. The summed E-state index contributed by atoms with van der Waals surface area (Å²) in [5.74, 6) is 0.311. The van der Waals surface area contributed by atoms with Crippen molar-refractivity contribution < 1.29 is 5.21 Å². The highest BCUT2D eigenvalue weighted by molar-refractivity contribution is 5.85. The first-order chi connectivity index (χ1) is 9.74. The maximum Gasteiger partial charge on any atom is 0.156 e. The van der Waals surface area contributed by atoms with Gasteiger partial charge in [0.05, 0.1) is 11.7 Å². The Bertz CT molecular complexity index is 428. The van der Waals surface area contributed by atoms with Crippen LogP contribution in [0.4, 0.5) is 0 Å². The number of rotatable bonds is 5. The molecule has 0 aromatic carbocycles. The van der Waals surface area contributed by atoms with Crippen molar-refractivity contribution in [3.63, 3.8) is 0 Å². The molecule has 2 heterocycles. The first-order valence-corrected chi connectivity index (χ1v) is 7.08. The molecule has 0 aliphatic carbocycles. The molecule has 1 aliphatic rings. The highest BCUT2D eigenvalue weighted by atomic mass is 16.4. The van der Waals surface area contributed by atoms with Gasteiger partial charge in [0, 0.05) is 38.9 Å². The van der Waals surface area contributed by atoms with Gasteiger partial charge in [0.1, 0.15) is 0 Å². The molecule has 0 spiro atoms. The van der Waals surface area contributed by atoms with E-state index in [9.17, 15) is 0 Å². The van der Waals surface area contributed by atoms with Gasteiger partial charge < -0.3 is 10.9 Å². The first-order valence-electron chi connectivity index (χ1n) is 7.08. The Balaban J connectivity index is 1.86. The van der Waals surface area contributed by atoms with Gasteiger partial charge in [0.15, 0.2) is 5.84 Å². The standard InChI is InChI=1S/C14H23N5O/c1-2-13(14(15)17-20)19-9-7-18(8-10-19)11-12-5-3-4-6-16-12/h3-6,13,20H,2,7-11H2,1H3,(H2,15,17). The lowest BCUT2D eigenvalue weighted by molar-refractivity contribution is 0.109. The van der Waals surface area contributed by atoms with E-state index in [2.05, 4.69) is 32.9 Å². The average Bonchev–Trinajstić information content (AvgIpc) is 2.50. The van der Waals surface area contributed by atoms with E-state index in [4.69, 9.17) is 10.9 Å². The first kappa shape index (κ1) is 14.7. The second-order valence-electron chi connectivity index (χ2n) is 5.08. The van der Waals surface area contributed by atoms with E-state index in [1.54, 1.807) is 0 Å². The van der Waals surface area contributed by atoms with E-state index in [-0.39, 0.29) is 6.04 Å². The average molecular weight is 277 g/mol. The zero-order valence-corrected chi connectivity index (χ0v) is 11.9. The van der Waals surface area contributed by atoms with Crippen molar-refractivity contribution in [2.45, 2.75) is 25.9 Å². The number of hydrogen-bond donors (Lipinski definition) is 2. The number of hydrogen-bond acceptors (Lipinski definition) is 5. The van der Waals surface area contributed by atoms with Gasteiger partial charge in [0.2, 0.25) is 0 Å². The molecule has 3 N–H and O–H groups in total. The smallest absolute Gasteiger partial charge is 0.156 e. The van der Waals surface area contributed by atoms with Crippen LogP contribution in [0, 0.1) is 0 Å². The monoisotopic (exact) mass is 277 g/mol. The van der Waals surface area contributed by atoms with E-state index in [1.807, 2.05) is 18.3 Å². The molecule has 110 valence electrons. The quantitative estimate of drug-likeness (QED) is 0.359. The lowest BCUT2D eigenvalue weighted by Gasteiger charge is -2.38. The topological polar surface area (TPSA) is 78.0 Å². The van der Waals surface area contributed by atoms with E-state index < -0.39 is 0 Å². The van der Waals surface area contributed by atoms with E-state index in [0.717, 1.165) is 44.8 Å². The Morgan fingerprint density at radius 1 is 1.40 bits per heavy atom. The zero-order chi connectivity index (χ0) is 14.4. The van der Waals surface area contributed by atoms with Crippen molar-refractivity contribution in [3.05, 3.63) is 30.1 Å². The lowest BCUT2D eigenvalue weighted by Crippen LogP contribution is -2.53. The predicted molar refractivity (Wildman–Crippen MR) is 78.6 cm³/mol. The Labute approximate surface area is 119 Å². The zero-order valence-electron chi connectivity index (χ0n) is 11.9.